The van der Waals surface area contributed by atoms with E-state index in [0.29, 0.717) is 5.57 Å². The van der Waals surface area contributed by atoms with Crippen molar-refractivity contribution in [2.24, 2.45) is 5.73 Å². The molecule has 4 rings (SSSR count). The summed E-state index contributed by atoms with van der Waals surface area (Å²) in [5.41, 5.74) is 6.55. The first-order chi connectivity index (χ1) is 11.1. The second kappa shape index (κ2) is 4.96. The number of fused-ring (bicyclic) bond motifs is 3. The van der Waals surface area contributed by atoms with E-state index in [1.54, 1.807) is 0 Å². The molecule has 0 fully saturated rings. The Balaban J connectivity index is 2.09. The maximum Gasteiger partial charge on any atom is 0.248 e. The molecule has 2 N–H and O–H groups in total. The van der Waals surface area contributed by atoms with E-state index < -0.39 is 5.91 Å². The topological polar surface area (TPSA) is 43.1 Å². The van der Waals surface area contributed by atoms with Crippen LogP contribution in [0.15, 0.2) is 73.3 Å². The Bertz CT molecular complexity index is 1110. The fraction of sp³-hybridized carbons (Fsp3) is 0. The van der Waals surface area contributed by atoms with Gasteiger partial charge >= 0.3 is 0 Å². The molecule has 23 heavy (non-hydrogen) atoms. The predicted octanol–water partition coefficient (Wildman–Crippen LogP) is 4.64. The number of primary amides is 1. The summed E-state index contributed by atoms with van der Waals surface area (Å²) in [4.78, 5) is 11.5. The van der Waals surface area contributed by atoms with E-state index in [9.17, 15) is 4.79 Å². The number of benzene rings is 4. The van der Waals surface area contributed by atoms with Gasteiger partial charge in [-0.15, -0.1) is 0 Å². The van der Waals surface area contributed by atoms with Crippen molar-refractivity contribution >= 4 is 43.8 Å². The van der Waals surface area contributed by atoms with Crippen molar-refractivity contribution in [1.29, 1.82) is 0 Å². The highest BCUT2D eigenvalue weighted by Gasteiger charge is 2.10. The normalized spacial score (nSPS) is 11.1. The second-order valence-corrected chi connectivity index (χ2v) is 5.77. The van der Waals surface area contributed by atoms with Gasteiger partial charge in [-0.2, -0.15) is 0 Å². The molecule has 0 saturated carbocycles. The van der Waals surface area contributed by atoms with Crippen LogP contribution in [0.25, 0.3) is 37.9 Å². The monoisotopic (exact) mass is 297 g/mol. The Hall–Kier alpha value is -3.13. The fourth-order valence-corrected chi connectivity index (χ4v) is 3.11. The van der Waals surface area contributed by atoms with Crippen LogP contribution in [0.2, 0.25) is 0 Å². The van der Waals surface area contributed by atoms with Gasteiger partial charge < -0.3 is 5.73 Å². The highest BCUT2D eigenvalue weighted by molar-refractivity contribution is 6.22. The van der Waals surface area contributed by atoms with Crippen LogP contribution in [-0.2, 0) is 4.79 Å². The van der Waals surface area contributed by atoms with Gasteiger partial charge in [-0.1, -0.05) is 49.0 Å². The van der Waals surface area contributed by atoms with E-state index in [2.05, 4.69) is 43.0 Å². The Labute approximate surface area is 133 Å². The zero-order valence-electron chi connectivity index (χ0n) is 12.5. The maximum absolute atomic E-state index is 11.5. The lowest BCUT2D eigenvalue weighted by Gasteiger charge is -2.10. The lowest BCUT2D eigenvalue weighted by molar-refractivity contribution is -0.112. The molecule has 0 saturated heterocycles. The summed E-state index contributed by atoms with van der Waals surface area (Å²) in [5.74, 6) is -0.490. The van der Waals surface area contributed by atoms with Crippen molar-refractivity contribution in [2.45, 2.75) is 0 Å². The molecular formula is C21H15NO. The Morgan fingerprint density at radius 1 is 0.739 bits per heavy atom. The van der Waals surface area contributed by atoms with Crippen molar-refractivity contribution in [3.05, 3.63) is 78.9 Å². The third-order valence-electron chi connectivity index (χ3n) is 4.32. The molecule has 2 heteroatoms. The molecule has 4 aromatic carbocycles. The van der Waals surface area contributed by atoms with E-state index >= 15 is 0 Å². The summed E-state index contributed by atoms with van der Waals surface area (Å²) < 4.78 is 0. The second-order valence-electron chi connectivity index (χ2n) is 5.77. The minimum Gasteiger partial charge on any atom is -0.366 e. The van der Waals surface area contributed by atoms with Gasteiger partial charge in [-0.05, 0) is 62.1 Å². The van der Waals surface area contributed by atoms with Crippen molar-refractivity contribution in [3.63, 3.8) is 0 Å². The average Bonchev–Trinajstić information content (AvgIpc) is 2.56. The summed E-state index contributed by atoms with van der Waals surface area (Å²) in [5, 5.41) is 6.81. The molecule has 0 atom stereocenters. The third kappa shape index (κ3) is 2.16. The van der Waals surface area contributed by atoms with Gasteiger partial charge in [0.15, 0.2) is 0 Å². The van der Waals surface area contributed by atoms with Crippen LogP contribution >= 0.6 is 0 Å². The van der Waals surface area contributed by atoms with Crippen LogP contribution < -0.4 is 5.73 Å². The fourth-order valence-electron chi connectivity index (χ4n) is 3.11. The standard InChI is InChI=1S/C21H15NO/c1-13(21(22)23)19-8-4-7-16-11-17-9-14-5-2-3-6-15(14)10-18(17)12-20(16)19/h2-12H,1H2,(H2,22,23). The van der Waals surface area contributed by atoms with Gasteiger partial charge in [0.2, 0.25) is 5.91 Å². The Morgan fingerprint density at radius 2 is 1.30 bits per heavy atom. The molecule has 0 aliphatic rings. The summed E-state index contributed by atoms with van der Waals surface area (Å²) in [6, 6.07) is 22.8. The highest BCUT2D eigenvalue weighted by atomic mass is 16.1. The number of hydrogen-bond donors (Lipinski definition) is 1. The van der Waals surface area contributed by atoms with Crippen LogP contribution in [0.1, 0.15) is 5.56 Å². The quantitative estimate of drug-likeness (QED) is 0.425. The molecule has 0 unspecified atom stereocenters. The average molecular weight is 297 g/mol. The number of carbonyl (C=O) groups excluding carboxylic acids is 1. The van der Waals surface area contributed by atoms with E-state index in [1.165, 1.54) is 16.2 Å². The van der Waals surface area contributed by atoms with Crippen molar-refractivity contribution in [1.82, 2.24) is 0 Å². The highest BCUT2D eigenvalue weighted by Crippen LogP contribution is 2.31. The van der Waals surface area contributed by atoms with Crippen LogP contribution in [0.5, 0.6) is 0 Å². The molecule has 0 heterocycles. The minimum atomic E-state index is -0.490. The Morgan fingerprint density at radius 3 is 1.96 bits per heavy atom. The van der Waals surface area contributed by atoms with Gasteiger partial charge in [0.1, 0.15) is 0 Å². The molecule has 0 aliphatic heterocycles. The zero-order valence-corrected chi connectivity index (χ0v) is 12.5. The molecule has 0 radical (unpaired) electrons. The van der Waals surface area contributed by atoms with E-state index in [1.807, 2.05) is 30.3 Å². The lowest BCUT2D eigenvalue weighted by atomic mass is 9.94. The van der Waals surface area contributed by atoms with Gasteiger partial charge in [0.25, 0.3) is 0 Å². The smallest absolute Gasteiger partial charge is 0.248 e. The molecule has 0 spiro atoms. The van der Waals surface area contributed by atoms with Gasteiger partial charge in [-0.25, -0.2) is 0 Å². The molecule has 2 nitrogen and oxygen atoms in total. The number of rotatable bonds is 2. The molecule has 110 valence electrons. The third-order valence-corrected chi connectivity index (χ3v) is 4.32. The lowest BCUT2D eigenvalue weighted by Crippen LogP contribution is -2.12. The summed E-state index contributed by atoms with van der Waals surface area (Å²) in [6.07, 6.45) is 0. The molecule has 0 aromatic heterocycles. The summed E-state index contributed by atoms with van der Waals surface area (Å²) >= 11 is 0. The van der Waals surface area contributed by atoms with Crippen LogP contribution in [0.4, 0.5) is 0 Å². The van der Waals surface area contributed by atoms with E-state index in [0.717, 1.165) is 21.7 Å². The largest absolute Gasteiger partial charge is 0.366 e. The molecule has 0 aliphatic carbocycles. The van der Waals surface area contributed by atoms with Crippen LogP contribution in [0, 0.1) is 0 Å². The summed E-state index contributed by atoms with van der Waals surface area (Å²) in [6.45, 7) is 3.83. The number of carbonyl (C=O) groups is 1. The first-order valence-corrected chi connectivity index (χ1v) is 7.48. The van der Waals surface area contributed by atoms with Crippen LogP contribution in [-0.4, -0.2) is 5.91 Å². The van der Waals surface area contributed by atoms with Crippen molar-refractivity contribution in [2.75, 3.05) is 0 Å². The Kier molecular flexibility index (Phi) is 2.91. The summed E-state index contributed by atoms with van der Waals surface area (Å²) in [7, 11) is 0. The molecule has 0 bridgehead atoms. The first-order valence-electron chi connectivity index (χ1n) is 7.48. The van der Waals surface area contributed by atoms with Gasteiger partial charge in [0.05, 0.1) is 0 Å². The van der Waals surface area contributed by atoms with E-state index in [-0.39, 0.29) is 0 Å². The number of hydrogen-bond acceptors (Lipinski definition) is 1. The zero-order chi connectivity index (χ0) is 16.0. The number of nitrogens with two attached hydrogens (primary N) is 1. The van der Waals surface area contributed by atoms with Crippen molar-refractivity contribution in [3.8, 4) is 0 Å². The van der Waals surface area contributed by atoms with E-state index in [4.69, 9.17) is 5.73 Å². The minimum absolute atomic E-state index is 0.343. The molecule has 4 aromatic rings. The first kappa shape index (κ1) is 13.5. The molecular weight excluding hydrogens is 282 g/mol. The maximum atomic E-state index is 11.5. The predicted molar refractivity (Wildman–Crippen MR) is 97.2 cm³/mol. The van der Waals surface area contributed by atoms with Crippen molar-refractivity contribution < 1.29 is 4.79 Å². The van der Waals surface area contributed by atoms with Gasteiger partial charge in [0, 0.05) is 5.57 Å². The van der Waals surface area contributed by atoms with Crippen LogP contribution in [0.3, 0.4) is 0 Å². The SMILES string of the molecule is C=C(C(N)=O)c1cccc2cc3cc4ccccc4cc3cc12. The molecule has 1 amide bonds. The van der Waals surface area contributed by atoms with Gasteiger partial charge in [-0.3, -0.25) is 4.79 Å². The number of amides is 1.